The van der Waals surface area contributed by atoms with Gasteiger partial charge in [0.1, 0.15) is 5.01 Å². The van der Waals surface area contributed by atoms with E-state index in [1.165, 1.54) is 10.3 Å². The van der Waals surface area contributed by atoms with Crippen LogP contribution < -0.4 is 0 Å². The lowest BCUT2D eigenvalue weighted by atomic mass is 10.2. The van der Waals surface area contributed by atoms with Gasteiger partial charge < -0.3 is 0 Å². The minimum atomic E-state index is 0.690. The predicted octanol–water partition coefficient (Wildman–Crippen LogP) is 4.25. The molecule has 0 aliphatic heterocycles. The van der Waals surface area contributed by atoms with Crippen molar-refractivity contribution in [3.8, 4) is 10.6 Å². The molecule has 1 aromatic carbocycles. The molecule has 0 amide bonds. The quantitative estimate of drug-likeness (QED) is 0.550. The van der Waals surface area contributed by atoms with Gasteiger partial charge in [-0.25, -0.2) is 4.98 Å². The van der Waals surface area contributed by atoms with Gasteiger partial charge in [0, 0.05) is 10.6 Å². The Bertz CT molecular complexity index is 457. The summed E-state index contributed by atoms with van der Waals surface area (Å²) in [7, 11) is 3.11. The Kier molecular flexibility index (Phi) is 2.74. The maximum Gasteiger partial charge on any atom is 0.191 e. The van der Waals surface area contributed by atoms with E-state index in [9.17, 15) is 0 Å². The van der Waals surface area contributed by atoms with Crippen molar-refractivity contribution in [2.45, 2.75) is 0 Å². The summed E-state index contributed by atoms with van der Waals surface area (Å²) in [6.07, 6.45) is 0. The topological polar surface area (TPSA) is 12.9 Å². The maximum atomic E-state index is 5.77. The van der Waals surface area contributed by atoms with Gasteiger partial charge in [-0.1, -0.05) is 34.1 Å². The highest BCUT2D eigenvalue weighted by molar-refractivity contribution is 7.79. The molecule has 0 spiro atoms. The Labute approximate surface area is 93.0 Å². The van der Waals surface area contributed by atoms with Crippen LogP contribution in [0.25, 0.3) is 10.6 Å². The molecule has 0 saturated carbocycles. The number of aromatic nitrogens is 1. The third kappa shape index (κ3) is 2.14. The highest BCUT2D eigenvalue weighted by Crippen LogP contribution is 2.26. The van der Waals surface area contributed by atoms with Crippen LogP contribution in [0.3, 0.4) is 0 Å². The van der Waals surface area contributed by atoms with Crippen molar-refractivity contribution in [3.63, 3.8) is 0 Å². The number of hydrogen-bond donors (Lipinski definition) is 0. The molecule has 0 saturated heterocycles. The molecule has 2 rings (SSSR count). The minimum absolute atomic E-state index is 0.690. The molecular weight excluding hydrogens is 242 g/mol. The molecule has 0 radical (unpaired) electrons. The second kappa shape index (κ2) is 3.84. The lowest BCUT2D eigenvalue weighted by molar-refractivity contribution is 1.41. The Morgan fingerprint density at radius 1 is 1.15 bits per heavy atom. The summed E-state index contributed by atoms with van der Waals surface area (Å²) in [5.74, 6) is 0. The highest BCUT2D eigenvalue weighted by atomic mass is 35.5. The summed E-state index contributed by atoms with van der Waals surface area (Å²) >= 11 is 10.7. The van der Waals surface area contributed by atoms with E-state index in [-0.39, 0.29) is 0 Å². The van der Waals surface area contributed by atoms with Crippen molar-refractivity contribution in [2.24, 2.45) is 0 Å². The molecule has 66 valence electrons. The molecule has 1 aromatic heterocycles. The lowest BCUT2D eigenvalue weighted by Crippen LogP contribution is -1.74. The van der Waals surface area contributed by atoms with E-state index >= 15 is 0 Å². The second-order valence-corrected chi connectivity index (χ2v) is 5.54. The van der Waals surface area contributed by atoms with Crippen molar-refractivity contribution < 1.29 is 0 Å². The zero-order chi connectivity index (χ0) is 9.26. The van der Waals surface area contributed by atoms with Crippen LogP contribution in [0.4, 0.5) is 0 Å². The molecule has 0 atom stereocenters. The van der Waals surface area contributed by atoms with E-state index < -0.39 is 0 Å². The molecule has 0 aliphatic carbocycles. The smallest absolute Gasteiger partial charge is 0.191 e. The van der Waals surface area contributed by atoms with Crippen LogP contribution in [-0.2, 0) is 0 Å². The number of benzene rings is 1. The first kappa shape index (κ1) is 9.27. The first-order valence-electron chi connectivity index (χ1n) is 3.49. The Morgan fingerprint density at radius 2 is 1.85 bits per heavy atom. The van der Waals surface area contributed by atoms with Crippen LogP contribution in [0, 0.1) is 3.95 Å². The highest BCUT2D eigenvalue weighted by Gasteiger charge is 2.00. The zero-order valence-corrected chi connectivity index (χ0v) is 9.56. The normalized spacial score (nSPS) is 10.2. The molecule has 1 nitrogen and oxygen atoms in total. The summed E-state index contributed by atoms with van der Waals surface area (Å²) in [6.45, 7) is 0. The SMILES string of the molecule is S=c1nc(-c2ccc(Cl)cc2)ss1. The van der Waals surface area contributed by atoms with Gasteiger partial charge in [-0.05, 0) is 34.7 Å². The number of halogens is 1. The van der Waals surface area contributed by atoms with Gasteiger partial charge in [0.2, 0.25) is 0 Å². The number of rotatable bonds is 1. The van der Waals surface area contributed by atoms with Crippen molar-refractivity contribution >= 4 is 44.5 Å². The van der Waals surface area contributed by atoms with Crippen LogP contribution in [0.15, 0.2) is 24.3 Å². The minimum Gasteiger partial charge on any atom is -0.214 e. The first-order chi connectivity index (χ1) is 6.25. The van der Waals surface area contributed by atoms with E-state index in [4.69, 9.17) is 23.8 Å². The fraction of sp³-hybridized carbons (Fsp3) is 0. The van der Waals surface area contributed by atoms with Gasteiger partial charge in [-0.3, -0.25) is 0 Å². The van der Waals surface area contributed by atoms with E-state index in [0.29, 0.717) is 3.95 Å². The molecule has 13 heavy (non-hydrogen) atoms. The van der Waals surface area contributed by atoms with Gasteiger partial charge in [0.05, 0.1) is 0 Å². The fourth-order valence-electron chi connectivity index (χ4n) is 0.900. The average molecular weight is 246 g/mol. The lowest BCUT2D eigenvalue weighted by Gasteiger charge is -1.93. The molecule has 2 aromatic rings. The molecule has 0 unspecified atom stereocenters. The van der Waals surface area contributed by atoms with Crippen LogP contribution in [0.2, 0.25) is 5.02 Å². The van der Waals surface area contributed by atoms with E-state index in [0.717, 1.165) is 15.6 Å². The molecular formula is C8H4ClNS3. The predicted molar refractivity (Wildman–Crippen MR) is 61.3 cm³/mol. The largest absolute Gasteiger partial charge is 0.214 e. The summed E-state index contributed by atoms with van der Waals surface area (Å²) < 4.78 is 0.690. The van der Waals surface area contributed by atoms with E-state index in [2.05, 4.69) is 4.98 Å². The van der Waals surface area contributed by atoms with Crippen molar-refractivity contribution in [3.05, 3.63) is 33.2 Å². The fourth-order valence-corrected chi connectivity index (χ4v) is 3.14. The second-order valence-electron chi connectivity index (χ2n) is 2.36. The van der Waals surface area contributed by atoms with E-state index in [1.54, 1.807) is 10.3 Å². The van der Waals surface area contributed by atoms with Crippen LogP contribution in [0.5, 0.6) is 0 Å². The number of hydrogen-bond acceptors (Lipinski definition) is 4. The average Bonchev–Trinajstić information content (AvgIpc) is 2.53. The van der Waals surface area contributed by atoms with Gasteiger partial charge in [0.15, 0.2) is 3.95 Å². The molecule has 1 heterocycles. The van der Waals surface area contributed by atoms with Crippen LogP contribution >= 0.6 is 44.5 Å². The van der Waals surface area contributed by atoms with Gasteiger partial charge in [0.25, 0.3) is 0 Å². The Balaban J connectivity index is 2.47. The monoisotopic (exact) mass is 245 g/mol. The third-order valence-corrected chi connectivity index (χ3v) is 4.38. The molecule has 0 aliphatic rings. The van der Waals surface area contributed by atoms with Crippen LogP contribution in [0.1, 0.15) is 0 Å². The molecule has 5 heteroatoms. The van der Waals surface area contributed by atoms with Crippen molar-refractivity contribution in [1.29, 1.82) is 0 Å². The molecule has 0 fully saturated rings. The van der Waals surface area contributed by atoms with E-state index in [1.807, 2.05) is 24.3 Å². The van der Waals surface area contributed by atoms with Gasteiger partial charge >= 0.3 is 0 Å². The van der Waals surface area contributed by atoms with Gasteiger partial charge in [-0.2, -0.15) is 0 Å². The Hall–Kier alpha value is -0.290. The van der Waals surface area contributed by atoms with Crippen molar-refractivity contribution in [1.82, 2.24) is 4.98 Å². The molecule has 0 bridgehead atoms. The number of nitrogens with zero attached hydrogens (tertiary/aromatic N) is 1. The standard InChI is InChI=1S/C8H4ClNS3/c9-6-3-1-5(2-4-6)7-10-8(11)13-12-7/h1-4H. The van der Waals surface area contributed by atoms with Gasteiger partial charge in [-0.15, -0.1) is 0 Å². The Morgan fingerprint density at radius 3 is 2.38 bits per heavy atom. The maximum absolute atomic E-state index is 5.77. The first-order valence-corrected chi connectivity index (χ1v) is 6.42. The molecule has 0 N–H and O–H groups in total. The summed E-state index contributed by atoms with van der Waals surface area (Å²) in [5, 5.41) is 1.70. The summed E-state index contributed by atoms with van der Waals surface area (Å²) in [6, 6.07) is 7.60. The zero-order valence-electron chi connectivity index (χ0n) is 6.36. The summed E-state index contributed by atoms with van der Waals surface area (Å²) in [5.41, 5.74) is 1.07. The van der Waals surface area contributed by atoms with Crippen LogP contribution in [-0.4, -0.2) is 4.98 Å². The summed E-state index contributed by atoms with van der Waals surface area (Å²) in [4.78, 5) is 4.22. The third-order valence-electron chi connectivity index (χ3n) is 1.48. The van der Waals surface area contributed by atoms with Crippen molar-refractivity contribution in [2.75, 3.05) is 0 Å².